The van der Waals surface area contributed by atoms with E-state index in [1.807, 2.05) is 32.0 Å². The fraction of sp³-hybridized carbons (Fsp3) is 0.462. The molecule has 0 radical (unpaired) electrons. The van der Waals surface area contributed by atoms with Crippen molar-refractivity contribution in [2.75, 3.05) is 32.2 Å². The van der Waals surface area contributed by atoms with Crippen LogP contribution in [0.5, 0.6) is 11.5 Å². The first-order chi connectivity index (χ1) is 16.7. The van der Waals surface area contributed by atoms with Crippen LogP contribution < -0.4 is 25.0 Å². The number of pyridine rings is 1. The Labute approximate surface area is 206 Å². The molecular weight excluding hydrogens is 446 g/mol. The Bertz CT molecular complexity index is 1100. The average molecular weight is 480 g/mol. The lowest BCUT2D eigenvalue weighted by atomic mass is 10.0. The monoisotopic (exact) mass is 479 g/mol. The molecule has 0 saturated carbocycles. The Balaban J connectivity index is 1.67. The molecule has 3 rings (SSSR count). The van der Waals surface area contributed by atoms with Crippen molar-refractivity contribution < 1.29 is 19.1 Å². The second-order valence-electron chi connectivity index (χ2n) is 8.84. The molecule has 0 spiro atoms. The fourth-order valence-corrected chi connectivity index (χ4v) is 4.40. The Morgan fingerprint density at radius 3 is 2.31 bits per heavy atom. The molecule has 0 bridgehead atoms. The van der Waals surface area contributed by atoms with Gasteiger partial charge in [-0.15, -0.1) is 0 Å². The van der Waals surface area contributed by atoms with E-state index in [-0.39, 0.29) is 17.9 Å². The van der Waals surface area contributed by atoms with Crippen LogP contribution >= 0.6 is 0 Å². The number of aryl methyl sites for hydroxylation is 2. The number of hydrogen-bond donors (Lipinski definition) is 2. The number of benzene rings is 1. The van der Waals surface area contributed by atoms with E-state index >= 15 is 0 Å². The highest BCUT2D eigenvalue weighted by atomic mass is 16.5. The van der Waals surface area contributed by atoms with Crippen molar-refractivity contribution in [3.05, 3.63) is 46.6 Å². The van der Waals surface area contributed by atoms with Crippen molar-refractivity contribution in [1.29, 1.82) is 5.26 Å². The highest BCUT2D eigenvalue weighted by molar-refractivity contribution is 5.87. The van der Waals surface area contributed by atoms with Crippen molar-refractivity contribution in [3.63, 3.8) is 0 Å². The molecule has 0 aliphatic carbocycles. The normalized spacial score (nSPS) is 14.6. The van der Waals surface area contributed by atoms with Crippen LogP contribution in [0.2, 0.25) is 0 Å². The molecule has 9 nitrogen and oxygen atoms in total. The first-order valence-electron chi connectivity index (χ1n) is 11.7. The maximum atomic E-state index is 13.1. The molecule has 1 saturated heterocycles. The molecule has 1 aliphatic rings. The van der Waals surface area contributed by atoms with Crippen molar-refractivity contribution in [3.8, 4) is 17.6 Å². The number of ether oxygens (including phenoxy) is 2. The van der Waals surface area contributed by atoms with E-state index in [0.29, 0.717) is 55.2 Å². The number of hydrogen-bond acceptors (Lipinski definition) is 7. The van der Waals surface area contributed by atoms with Gasteiger partial charge in [0.05, 0.1) is 19.8 Å². The van der Waals surface area contributed by atoms with Crippen molar-refractivity contribution in [2.45, 2.75) is 52.1 Å². The maximum Gasteiger partial charge on any atom is 0.243 e. The second kappa shape index (κ2) is 11.6. The zero-order valence-electron chi connectivity index (χ0n) is 21.0. The number of aromatic nitrogens is 1. The summed E-state index contributed by atoms with van der Waals surface area (Å²) in [6.45, 7) is 6.59. The van der Waals surface area contributed by atoms with Crippen molar-refractivity contribution in [1.82, 2.24) is 15.6 Å². The Kier molecular flexibility index (Phi) is 8.53. The number of nitrogens with one attached hydrogen (secondary N) is 2. The molecular formula is C26H33N5O4. The van der Waals surface area contributed by atoms with Gasteiger partial charge in [-0.2, -0.15) is 5.26 Å². The summed E-state index contributed by atoms with van der Waals surface area (Å²) in [6.07, 6.45) is 1.73. The fourth-order valence-electron chi connectivity index (χ4n) is 4.40. The molecule has 2 N–H and O–H groups in total. The number of rotatable bonds is 8. The Morgan fingerprint density at radius 2 is 1.77 bits per heavy atom. The summed E-state index contributed by atoms with van der Waals surface area (Å²) >= 11 is 0. The largest absolute Gasteiger partial charge is 0.497 e. The van der Waals surface area contributed by atoms with E-state index in [0.717, 1.165) is 16.8 Å². The number of nitrogens with zero attached hydrogens (tertiary/aromatic N) is 3. The number of methoxy groups -OCH3 is 2. The summed E-state index contributed by atoms with van der Waals surface area (Å²) in [5.41, 5.74) is 3.20. The van der Waals surface area contributed by atoms with Gasteiger partial charge in [-0.25, -0.2) is 4.98 Å². The lowest BCUT2D eigenvalue weighted by molar-refractivity contribution is -0.128. The minimum Gasteiger partial charge on any atom is -0.497 e. The second-order valence-corrected chi connectivity index (χ2v) is 8.84. The van der Waals surface area contributed by atoms with Gasteiger partial charge < -0.3 is 25.0 Å². The average Bonchev–Trinajstić information content (AvgIpc) is 2.83. The quantitative estimate of drug-likeness (QED) is 0.597. The smallest absolute Gasteiger partial charge is 0.243 e. The first-order valence-corrected chi connectivity index (χ1v) is 11.7. The lowest BCUT2D eigenvalue weighted by Gasteiger charge is -2.34. The Hall–Kier alpha value is -3.80. The third kappa shape index (κ3) is 6.63. The number of amides is 2. The summed E-state index contributed by atoms with van der Waals surface area (Å²) in [6, 6.07) is 8.83. The zero-order chi connectivity index (χ0) is 25.5. The van der Waals surface area contributed by atoms with E-state index in [9.17, 15) is 14.9 Å². The number of carbonyl (C=O) groups is 2. The highest BCUT2D eigenvalue weighted by Gasteiger charge is 2.27. The molecule has 1 fully saturated rings. The maximum absolute atomic E-state index is 13.1. The van der Waals surface area contributed by atoms with Gasteiger partial charge in [0.1, 0.15) is 29.4 Å². The van der Waals surface area contributed by atoms with E-state index in [4.69, 9.17) is 9.47 Å². The minimum absolute atomic E-state index is 0.0358. The van der Waals surface area contributed by atoms with Crippen LogP contribution in [0.15, 0.2) is 24.3 Å². The van der Waals surface area contributed by atoms with Gasteiger partial charge in [-0.05, 0) is 56.0 Å². The number of piperidine rings is 1. The SMILES string of the molecule is COc1cc(C[C@H](NC(C)=O)C(=O)NC2CCN(c3nc(C)cc(C)c3C#N)CC2)cc(OC)c1. The number of nitriles is 1. The van der Waals surface area contributed by atoms with E-state index < -0.39 is 6.04 Å². The van der Waals surface area contributed by atoms with Crippen LogP contribution in [0.1, 0.15) is 42.1 Å². The third-order valence-electron chi connectivity index (χ3n) is 6.12. The van der Waals surface area contributed by atoms with Gasteiger partial charge >= 0.3 is 0 Å². The topological polar surface area (TPSA) is 117 Å². The van der Waals surface area contributed by atoms with Crippen LogP contribution in [-0.2, 0) is 16.0 Å². The molecule has 0 unspecified atom stereocenters. The predicted molar refractivity (Wildman–Crippen MR) is 133 cm³/mol. The summed E-state index contributed by atoms with van der Waals surface area (Å²) in [5.74, 6) is 1.43. The van der Waals surface area contributed by atoms with Crippen molar-refractivity contribution in [2.24, 2.45) is 0 Å². The molecule has 186 valence electrons. The lowest BCUT2D eigenvalue weighted by Crippen LogP contribution is -2.52. The van der Waals surface area contributed by atoms with Crippen LogP contribution in [0.25, 0.3) is 0 Å². The van der Waals surface area contributed by atoms with Crippen LogP contribution in [0.4, 0.5) is 5.82 Å². The molecule has 2 aromatic rings. The molecule has 1 aromatic heterocycles. The zero-order valence-corrected chi connectivity index (χ0v) is 21.0. The summed E-state index contributed by atoms with van der Waals surface area (Å²) in [4.78, 5) is 31.7. The standard InChI is InChI=1S/C26H33N5O4/c1-16-10-17(2)28-25(23(16)15-27)31-8-6-20(7-9-31)30-26(33)24(29-18(3)32)13-19-11-21(34-4)14-22(12-19)35-5/h10-12,14,20,24H,6-9,13H2,1-5H3,(H,29,32)(H,30,33)/t24-/m0/s1. The molecule has 1 aliphatic heterocycles. The van der Waals surface area contributed by atoms with Gasteiger partial charge in [0, 0.05) is 44.2 Å². The van der Waals surface area contributed by atoms with Gasteiger partial charge in [0.25, 0.3) is 0 Å². The molecule has 9 heteroatoms. The van der Waals surface area contributed by atoms with Gasteiger partial charge in [-0.1, -0.05) is 0 Å². The predicted octanol–water partition coefficient (Wildman–Crippen LogP) is 2.42. The minimum atomic E-state index is -0.728. The van der Waals surface area contributed by atoms with E-state index in [1.54, 1.807) is 20.3 Å². The molecule has 2 heterocycles. The van der Waals surface area contributed by atoms with E-state index in [1.165, 1.54) is 6.92 Å². The molecule has 2 amide bonds. The van der Waals surface area contributed by atoms with Gasteiger partial charge in [0.2, 0.25) is 11.8 Å². The van der Waals surface area contributed by atoms with Crippen LogP contribution in [0, 0.1) is 25.2 Å². The van der Waals surface area contributed by atoms with Crippen LogP contribution in [0.3, 0.4) is 0 Å². The summed E-state index contributed by atoms with van der Waals surface area (Å²) < 4.78 is 10.6. The summed E-state index contributed by atoms with van der Waals surface area (Å²) in [5, 5.41) is 15.5. The molecule has 1 aromatic carbocycles. The highest BCUT2D eigenvalue weighted by Crippen LogP contribution is 2.26. The third-order valence-corrected chi connectivity index (χ3v) is 6.12. The van der Waals surface area contributed by atoms with Gasteiger partial charge in [0.15, 0.2) is 0 Å². The van der Waals surface area contributed by atoms with Gasteiger partial charge in [-0.3, -0.25) is 9.59 Å². The Morgan fingerprint density at radius 1 is 1.14 bits per heavy atom. The van der Waals surface area contributed by atoms with Crippen LogP contribution in [-0.4, -0.2) is 56.2 Å². The van der Waals surface area contributed by atoms with Crippen molar-refractivity contribution >= 4 is 17.6 Å². The molecule has 35 heavy (non-hydrogen) atoms. The first kappa shape index (κ1) is 25.8. The number of anilines is 1. The van der Waals surface area contributed by atoms with E-state index in [2.05, 4.69) is 26.6 Å². The molecule has 1 atom stereocenters. The number of carbonyl (C=O) groups excluding carboxylic acids is 2. The summed E-state index contributed by atoms with van der Waals surface area (Å²) in [7, 11) is 3.13.